The topological polar surface area (TPSA) is 50.6 Å². The highest BCUT2D eigenvalue weighted by atomic mass is 127. The Morgan fingerprint density at radius 1 is 1.18 bits per heavy atom. The number of benzene rings is 2. The molecule has 146 valence electrons. The number of aromatic nitrogens is 2. The van der Waals surface area contributed by atoms with Crippen molar-refractivity contribution in [3.63, 3.8) is 0 Å². The highest BCUT2D eigenvalue weighted by molar-refractivity contribution is 14.1. The van der Waals surface area contributed by atoms with Crippen LogP contribution in [0.15, 0.2) is 42.5 Å². The number of anilines is 1. The number of para-hydroxylation sites is 1. The lowest BCUT2D eigenvalue weighted by atomic mass is 10.2. The lowest BCUT2D eigenvalue weighted by Crippen LogP contribution is -2.49. The molecule has 0 saturated carbocycles. The fourth-order valence-corrected chi connectivity index (χ4v) is 4.52. The normalized spacial score (nSPS) is 16.3. The minimum absolute atomic E-state index is 0.407. The predicted molar refractivity (Wildman–Crippen MR) is 119 cm³/mol. The molecule has 0 radical (unpaired) electrons. The summed E-state index contributed by atoms with van der Waals surface area (Å²) in [5.74, 6) is 0.671. The Bertz CT molecular complexity index is 1000. The number of hydrogen-bond donors (Lipinski definition) is 0. The number of hydrogen-bond acceptors (Lipinski definition) is 5. The number of carbonyl (C=O) groups is 1. The van der Waals surface area contributed by atoms with Gasteiger partial charge in [0, 0.05) is 43.3 Å². The maximum atomic E-state index is 12.0. The number of carbonyl (C=O) groups excluding carboxylic acids is 1. The molecule has 0 aliphatic carbocycles. The van der Waals surface area contributed by atoms with E-state index in [1.165, 1.54) is 0 Å². The molecule has 0 N–H and O–H groups in total. The summed E-state index contributed by atoms with van der Waals surface area (Å²) in [4.78, 5) is 16.4. The van der Waals surface area contributed by atoms with Gasteiger partial charge in [-0.25, -0.2) is 4.68 Å². The van der Waals surface area contributed by atoms with Gasteiger partial charge in [0.1, 0.15) is 9.45 Å². The number of ether oxygens (including phenoxy) is 1. The number of nitrogens with zero attached hydrogens (tertiary/aromatic N) is 4. The smallest absolute Gasteiger partial charge is 0.161 e. The monoisotopic (exact) mass is 510 g/mol. The van der Waals surface area contributed by atoms with Crippen molar-refractivity contribution in [1.82, 2.24) is 14.7 Å². The highest BCUT2D eigenvalue weighted by Gasteiger charge is 2.27. The van der Waals surface area contributed by atoms with E-state index in [0.717, 1.165) is 52.8 Å². The van der Waals surface area contributed by atoms with Gasteiger partial charge >= 0.3 is 0 Å². The summed E-state index contributed by atoms with van der Waals surface area (Å²) in [5.41, 5.74) is 2.05. The molecule has 2 heterocycles. The summed E-state index contributed by atoms with van der Waals surface area (Å²) < 4.78 is 8.07. The van der Waals surface area contributed by atoms with Crippen LogP contribution >= 0.6 is 34.2 Å². The molecular formula is C20H20ClIN4O2. The molecule has 0 bridgehead atoms. The van der Waals surface area contributed by atoms with Gasteiger partial charge in [-0.3, -0.25) is 9.69 Å². The van der Waals surface area contributed by atoms with Gasteiger partial charge in [-0.1, -0.05) is 29.8 Å². The van der Waals surface area contributed by atoms with Crippen LogP contribution in [0.2, 0.25) is 5.02 Å². The fraction of sp³-hybridized carbons (Fsp3) is 0.300. The summed E-state index contributed by atoms with van der Waals surface area (Å²) in [6.45, 7) is 3.15. The van der Waals surface area contributed by atoms with Gasteiger partial charge in [0.05, 0.1) is 17.6 Å². The predicted octanol–water partition coefficient (Wildman–Crippen LogP) is 3.82. The molecule has 0 amide bonds. The first-order chi connectivity index (χ1) is 13.6. The van der Waals surface area contributed by atoms with E-state index in [1.807, 2.05) is 47.1 Å². The highest BCUT2D eigenvalue weighted by Crippen LogP contribution is 2.30. The zero-order valence-corrected chi connectivity index (χ0v) is 18.3. The zero-order valence-electron chi connectivity index (χ0n) is 15.4. The second-order valence-electron chi connectivity index (χ2n) is 6.64. The Balaban J connectivity index is 1.53. The van der Waals surface area contributed by atoms with E-state index in [-0.39, 0.29) is 0 Å². The molecule has 8 heteroatoms. The van der Waals surface area contributed by atoms with Gasteiger partial charge in [0.15, 0.2) is 12.5 Å². The van der Waals surface area contributed by atoms with E-state index < -0.39 is 6.17 Å². The Kier molecular flexibility index (Phi) is 5.75. The average Bonchev–Trinajstić information content (AvgIpc) is 3.06. The first-order valence-electron chi connectivity index (χ1n) is 9.03. The van der Waals surface area contributed by atoms with Gasteiger partial charge in [-0.05, 0) is 40.8 Å². The third-order valence-electron chi connectivity index (χ3n) is 5.13. The van der Waals surface area contributed by atoms with Crippen LogP contribution in [0.5, 0.6) is 5.75 Å². The van der Waals surface area contributed by atoms with Crippen molar-refractivity contribution in [2.45, 2.75) is 6.17 Å². The van der Waals surface area contributed by atoms with E-state index in [4.69, 9.17) is 16.3 Å². The van der Waals surface area contributed by atoms with Crippen molar-refractivity contribution in [1.29, 1.82) is 0 Å². The lowest BCUT2D eigenvalue weighted by molar-refractivity contribution is -0.115. The first kappa shape index (κ1) is 19.5. The van der Waals surface area contributed by atoms with Crippen molar-refractivity contribution in [3.8, 4) is 5.75 Å². The molecule has 0 spiro atoms. The van der Waals surface area contributed by atoms with Crippen LogP contribution < -0.4 is 9.64 Å². The maximum absolute atomic E-state index is 12.0. The molecule has 1 aliphatic rings. The number of rotatable bonds is 5. The van der Waals surface area contributed by atoms with Gasteiger partial charge in [0.25, 0.3) is 0 Å². The second kappa shape index (κ2) is 8.26. The summed E-state index contributed by atoms with van der Waals surface area (Å²) >= 11 is 8.36. The van der Waals surface area contributed by atoms with Crippen LogP contribution in [-0.4, -0.2) is 54.3 Å². The molecule has 28 heavy (non-hydrogen) atoms. The van der Waals surface area contributed by atoms with Crippen LogP contribution in [0.25, 0.3) is 10.9 Å². The minimum atomic E-state index is -0.407. The summed E-state index contributed by atoms with van der Waals surface area (Å²) in [5, 5.41) is 6.31. The van der Waals surface area contributed by atoms with Crippen LogP contribution in [0.1, 0.15) is 6.17 Å². The second-order valence-corrected chi connectivity index (χ2v) is 8.07. The van der Waals surface area contributed by atoms with Gasteiger partial charge in [-0.2, -0.15) is 5.10 Å². The van der Waals surface area contributed by atoms with Crippen LogP contribution in [-0.2, 0) is 4.79 Å². The van der Waals surface area contributed by atoms with Crippen LogP contribution in [0.3, 0.4) is 0 Å². The van der Waals surface area contributed by atoms with Crippen molar-refractivity contribution in [2.24, 2.45) is 0 Å². The number of halogens is 2. The molecule has 1 aliphatic heterocycles. The largest absolute Gasteiger partial charge is 0.495 e. The number of piperazine rings is 1. The van der Waals surface area contributed by atoms with Crippen LogP contribution in [0.4, 0.5) is 5.69 Å². The molecule has 4 rings (SSSR count). The van der Waals surface area contributed by atoms with E-state index in [2.05, 4.69) is 37.5 Å². The maximum Gasteiger partial charge on any atom is 0.161 e. The Morgan fingerprint density at radius 3 is 2.64 bits per heavy atom. The summed E-state index contributed by atoms with van der Waals surface area (Å²) in [7, 11) is 1.62. The first-order valence-corrected chi connectivity index (χ1v) is 10.5. The van der Waals surface area contributed by atoms with E-state index in [1.54, 1.807) is 7.11 Å². The zero-order chi connectivity index (χ0) is 19.7. The Labute approximate surface area is 182 Å². The number of methoxy groups -OCH3 is 1. The molecule has 6 nitrogen and oxygen atoms in total. The number of aldehydes is 1. The molecule has 1 unspecified atom stereocenters. The van der Waals surface area contributed by atoms with Crippen molar-refractivity contribution in [3.05, 3.63) is 51.2 Å². The Morgan fingerprint density at radius 2 is 1.93 bits per heavy atom. The van der Waals surface area contributed by atoms with E-state index in [0.29, 0.717) is 10.8 Å². The molecule has 1 saturated heterocycles. The Hall–Kier alpha value is -1.84. The van der Waals surface area contributed by atoms with Crippen molar-refractivity contribution >= 4 is 57.1 Å². The van der Waals surface area contributed by atoms with Crippen LogP contribution in [0, 0.1) is 3.70 Å². The standard InChI is InChI=1S/C20H20ClIN4O2/c1-28-18-12-14(6-7-16(18)21)24-8-10-25(11-9-24)19(13-27)26-17-5-3-2-4-15(17)20(22)23-26/h2-7,12-13,19H,8-11H2,1H3. The third kappa shape index (κ3) is 3.58. The summed E-state index contributed by atoms with van der Waals surface area (Å²) in [6.07, 6.45) is 0.576. The average molecular weight is 511 g/mol. The molecule has 1 aromatic heterocycles. The molecule has 1 fully saturated rings. The summed E-state index contributed by atoms with van der Waals surface area (Å²) in [6, 6.07) is 13.8. The molecule has 2 aromatic carbocycles. The van der Waals surface area contributed by atoms with E-state index >= 15 is 0 Å². The fourth-order valence-electron chi connectivity index (χ4n) is 3.64. The lowest BCUT2D eigenvalue weighted by Gasteiger charge is -2.38. The van der Waals surface area contributed by atoms with Gasteiger partial charge in [-0.15, -0.1) is 0 Å². The molecule has 3 aromatic rings. The van der Waals surface area contributed by atoms with E-state index in [9.17, 15) is 4.79 Å². The van der Waals surface area contributed by atoms with Gasteiger partial charge < -0.3 is 9.64 Å². The quantitative estimate of drug-likeness (QED) is 0.386. The van der Waals surface area contributed by atoms with Gasteiger partial charge in [0.2, 0.25) is 0 Å². The van der Waals surface area contributed by atoms with Crippen molar-refractivity contribution < 1.29 is 9.53 Å². The minimum Gasteiger partial charge on any atom is -0.495 e. The number of fused-ring (bicyclic) bond motifs is 1. The van der Waals surface area contributed by atoms with Crippen molar-refractivity contribution in [2.75, 3.05) is 38.2 Å². The molecule has 1 atom stereocenters. The SMILES string of the molecule is COc1cc(N2CCN(C(C=O)n3nc(I)c4ccccc43)CC2)ccc1Cl. The molecular weight excluding hydrogens is 491 g/mol. The third-order valence-corrected chi connectivity index (χ3v) is 6.24.